The Labute approximate surface area is 197 Å². The number of hydrogen-bond acceptors (Lipinski definition) is 3. The second kappa shape index (κ2) is 9.52. The molecule has 3 fully saturated rings. The summed E-state index contributed by atoms with van der Waals surface area (Å²) in [5.74, 6) is -0.772. The minimum atomic E-state index is -5.04. The highest BCUT2D eigenvalue weighted by Crippen LogP contribution is 2.71. The first-order valence-corrected chi connectivity index (χ1v) is 11.9. The average Bonchev–Trinajstić information content (AvgIpc) is 3.00. The van der Waals surface area contributed by atoms with Crippen LogP contribution in [0, 0.1) is 39.4 Å². The lowest BCUT2D eigenvalue weighted by atomic mass is 9.41. The Hall–Kier alpha value is -0.900. The van der Waals surface area contributed by atoms with E-state index >= 15 is 4.39 Å². The summed E-state index contributed by atoms with van der Waals surface area (Å²) in [5, 5.41) is 24.0. The zero-order valence-electron chi connectivity index (χ0n) is 20.3. The average molecular weight is 506 g/mol. The Balaban J connectivity index is 0.00000199. The quantitative estimate of drug-likeness (QED) is 0.282. The lowest BCUT2D eigenvalue weighted by Crippen LogP contribution is -2.60. The van der Waals surface area contributed by atoms with Crippen LogP contribution >= 0.6 is 0 Å². The summed E-state index contributed by atoms with van der Waals surface area (Å²) in [6.45, 7) is 4.85. The van der Waals surface area contributed by atoms with Crippen molar-refractivity contribution in [3.63, 3.8) is 0 Å². The molecule has 7 unspecified atom stereocenters. The molecule has 7 atom stereocenters. The fraction of sp³-hybridized carbons (Fsp3) is 0.958. The van der Waals surface area contributed by atoms with Gasteiger partial charge in [0, 0.05) is 25.6 Å². The van der Waals surface area contributed by atoms with Gasteiger partial charge >= 0.3 is 12.4 Å². The van der Waals surface area contributed by atoms with Crippen molar-refractivity contribution in [1.82, 2.24) is 0 Å². The largest absolute Gasteiger partial charge is 0.432 e. The second-order valence-electron chi connectivity index (χ2n) is 11.2. The maximum atomic E-state index is 15.9. The highest BCUT2D eigenvalue weighted by Gasteiger charge is 2.70. The van der Waals surface area contributed by atoms with E-state index in [0.29, 0.717) is 25.7 Å². The van der Waals surface area contributed by atoms with E-state index < -0.39 is 52.3 Å². The SMILES string of the molecule is CC1(CC(F)(F)F)CCC2C(CCC3(C)C2CCC3(F)C(=N)C(F)(F)F)C1(C)CCCO.CO. The number of aliphatic hydroxyl groups excluding tert-OH is 2. The van der Waals surface area contributed by atoms with Crippen LogP contribution in [0.3, 0.4) is 0 Å². The van der Waals surface area contributed by atoms with Gasteiger partial charge in [-0.05, 0) is 80.0 Å². The van der Waals surface area contributed by atoms with E-state index in [1.807, 2.05) is 6.92 Å². The minimum Gasteiger partial charge on any atom is -0.400 e. The normalized spacial score (nSPS) is 42.3. The molecule has 3 N–H and O–H groups in total. The molecule has 0 saturated heterocycles. The van der Waals surface area contributed by atoms with Gasteiger partial charge in [-0.2, -0.15) is 26.3 Å². The second-order valence-corrected chi connectivity index (χ2v) is 11.2. The lowest BCUT2D eigenvalue weighted by molar-refractivity contribution is -0.210. The number of rotatable bonds is 5. The van der Waals surface area contributed by atoms with Gasteiger partial charge in [0.1, 0.15) is 0 Å². The van der Waals surface area contributed by atoms with E-state index in [1.165, 1.54) is 6.92 Å². The molecule has 0 radical (unpaired) electrons. The van der Waals surface area contributed by atoms with Crippen LogP contribution in [0.5, 0.6) is 0 Å². The van der Waals surface area contributed by atoms with E-state index in [0.717, 1.165) is 7.11 Å². The molecule has 0 aromatic rings. The predicted molar refractivity (Wildman–Crippen MR) is 115 cm³/mol. The molecule has 0 aromatic carbocycles. The number of hydrogen-bond donors (Lipinski definition) is 3. The standard InChI is InChI=1S/C23H34F7NO.CH4O/c1-18(13-22(25,26)27)9-5-14-15(19(18,2)8-4-12-32)6-10-20(3)16(14)7-11-21(20,24)17(31)23(28,29)30;1-2/h14-16,31-32H,4-13H2,1-3H3;2H,1H3. The first-order valence-electron chi connectivity index (χ1n) is 11.9. The minimum absolute atomic E-state index is 0.116. The molecule has 200 valence electrons. The summed E-state index contributed by atoms with van der Waals surface area (Å²) in [5.41, 5.74) is -7.77. The number of fused-ring (bicyclic) bond motifs is 3. The van der Waals surface area contributed by atoms with Gasteiger partial charge in [-0.1, -0.05) is 20.8 Å². The molecule has 0 amide bonds. The summed E-state index contributed by atoms with van der Waals surface area (Å²) in [6, 6.07) is 0. The maximum Gasteiger partial charge on any atom is 0.432 e. The third kappa shape index (κ3) is 4.62. The molecule has 3 nitrogen and oxygen atoms in total. The summed E-state index contributed by atoms with van der Waals surface area (Å²) >= 11 is 0. The van der Waals surface area contributed by atoms with E-state index in [1.54, 1.807) is 6.92 Å². The molecule has 0 aliphatic heterocycles. The molecular weight excluding hydrogens is 467 g/mol. The van der Waals surface area contributed by atoms with Crippen molar-refractivity contribution in [3.8, 4) is 0 Å². The zero-order valence-corrected chi connectivity index (χ0v) is 20.3. The predicted octanol–water partition coefficient (Wildman–Crippen LogP) is 6.86. The highest BCUT2D eigenvalue weighted by atomic mass is 19.4. The fourth-order valence-electron chi connectivity index (χ4n) is 7.99. The van der Waals surface area contributed by atoms with Gasteiger partial charge < -0.3 is 10.2 Å². The first kappa shape index (κ1) is 29.3. The van der Waals surface area contributed by atoms with Crippen LogP contribution in [0.15, 0.2) is 0 Å². The number of halogens is 7. The van der Waals surface area contributed by atoms with Crippen molar-refractivity contribution < 1.29 is 40.9 Å². The van der Waals surface area contributed by atoms with Crippen molar-refractivity contribution in [2.24, 2.45) is 34.0 Å². The van der Waals surface area contributed by atoms with E-state index in [-0.39, 0.29) is 44.1 Å². The molecule has 3 aliphatic rings. The van der Waals surface area contributed by atoms with Crippen LogP contribution in [-0.4, -0.2) is 47.7 Å². The van der Waals surface area contributed by atoms with Gasteiger partial charge in [0.25, 0.3) is 0 Å². The van der Waals surface area contributed by atoms with Crippen molar-refractivity contribution in [2.45, 2.75) is 96.6 Å². The van der Waals surface area contributed by atoms with Gasteiger partial charge in [-0.25, -0.2) is 4.39 Å². The summed E-state index contributed by atoms with van der Waals surface area (Å²) in [4.78, 5) is 0. The molecule has 3 rings (SSSR count). The van der Waals surface area contributed by atoms with Crippen molar-refractivity contribution >= 4 is 5.71 Å². The van der Waals surface area contributed by atoms with Gasteiger partial charge in [-0.3, -0.25) is 5.41 Å². The number of alkyl halides is 7. The van der Waals surface area contributed by atoms with Crippen molar-refractivity contribution in [2.75, 3.05) is 13.7 Å². The summed E-state index contributed by atoms with van der Waals surface area (Å²) in [6.07, 6.45) is -8.64. The molecule has 3 aliphatic carbocycles. The molecule has 10 heteroatoms. The smallest absolute Gasteiger partial charge is 0.400 e. The van der Waals surface area contributed by atoms with Crippen molar-refractivity contribution in [1.29, 1.82) is 5.41 Å². The molecule has 0 spiro atoms. The van der Waals surface area contributed by atoms with Crippen LogP contribution in [0.25, 0.3) is 0 Å². The van der Waals surface area contributed by atoms with Gasteiger partial charge in [0.2, 0.25) is 0 Å². The van der Waals surface area contributed by atoms with Gasteiger partial charge in [0.05, 0.1) is 0 Å². The van der Waals surface area contributed by atoms with Crippen LogP contribution in [-0.2, 0) is 0 Å². The van der Waals surface area contributed by atoms with Crippen LogP contribution < -0.4 is 0 Å². The first-order chi connectivity index (χ1) is 15.5. The van der Waals surface area contributed by atoms with Crippen LogP contribution in [0.1, 0.15) is 78.6 Å². The Morgan fingerprint density at radius 1 is 0.912 bits per heavy atom. The van der Waals surface area contributed by atoms with Crippen molar-refractivity contribution in [3.05, 3.63) is 0 Å². The zero-order chi connectivity index (χ0) is 26.4. The molecule has 0 heterocycles. The monoisotopic (exact) mass is 505 g/mol. The lowest BCUT2D eigenvalue weighted by Gasteiger charge is -2.63. The van der Waals surface area contributed by atoms with E-state index in [2.05, 4.69) is 0 Å². The Bertz CT molecular complexity index is 742. The van der Waals surface area contributed by atoms with Crippen LogP contribution in [0.4, 0.5) is 30.7 Å². The molecule has 3 saturated carbocycles. The molecule has 34 heavy (non-hydrogen) atoms. The highest BCUT2D eigenvalue weighted by molar-refractivity contribution is 5.95. The topological polar surface area (TPSA) is 64.3 Å². The number of nitrogens with one attached hydrogen (secondary N) is 1. The van der Waals surface area contributed by atoms with Crippen LogP contribution in [0.2, 0.25) is 0 Å². The third-order valence-corrected chi connectivity index (χ3v) is 9.88. The Kier molecular flexibility index (Phi) is 8.21. The Morgan fingerprint density at radius 2 is 1.47 bits per heavy atom. The third-order valence-electron chi connectivity index (χ3n) is 9.88. The fourth-order valence-corrected chi connectivity index (χ4v) is 7.99. The Morgan fingerprint density at radius 3 is 1.97 bits per heavy atom. The van der Waals surface area contributed by atoms with E-state index in [9.17, 15) is 31.4 Å². The molecule has 0 aromatic heterocycles. The summed E-state index contributed by atoms with van der Waals surface area (Å²) in [7, 11) is 1.00. The van der Waals surface area contributed by atoms with Gasteiger partial charge in [-0.15, -0.1) is 0 Å². The molecular formula is C24H38F7NO2. The molecule has 0 bridgehead atoms. The van der Waals surface area contributed by atoms with E-state index in [4.69, 9.17) is 10.5 Å². The number of aliphatic hydroxyl groups is 2. The summed E-state index contributed by atoms with van der Waals surface area (Å²) < 4.78 is 96.5. The maximum absolute atomic E-state index is 15.9. The van der Waals surface area contributed by atoms with Gasteiger partial charge in [0.15, 0.2) is 11.4 Å².